The fourth-order valence-electron chi connectivity index (χ4n) is 3.09. The molecule has 1 fully saturated rings. The fourth-order valence-corrected chi connectivity index (χ4v) is 3.88. The van der Waals surface area contributed by atoms with Crippen molar-refractivity contribution in [2.75, 3.05) is 12.4 Å². The van der Waals surface area contributed by atoms with Crippen molar-refractivity contribution < 1.29 is 9.59 Å². The van der Waals surface area contributed by atoms with E-state index >= 15 is 0 Å². The number of amides is 2. The molecule has 0 aliphatic carbocycles. The zero-order chi connectivity index (χ0) is 17.3. The normalized spacial score (nSPS) is 21.1. The summed E-state index contributed by atoms with van der Waals surface area (Å²) in [5.74, 6) is -0.360. The first kappa shape index (κ1) is 16.6. The standard InChI is InChI=1S/C16H21N5O2S/c1-4-11-9-24-16(18-11)19-15(23)12-5-6-13(22)21(3)14(12)10-7-17-20(2)8-10/h7-9,12,14H,4-6H2,1-3H3,(H,18,19,23)/t12-,14-/m0/s1. The number of aromatic nitrogens is 3. The Labute approximate surface area is 144 Å². The van der Waals surface area contributed by atoms with E-state index in [-0.39, 0.29) is 23.8 Å². The van der Waals surface area contributed by atoms with Crippen LogP contribution < -0.4 is 5.32 Å². The lowest BCUT2D eigenvalue weighted by atomic mass is 9.85. The van der Waals surface area contributed by atoms with E-state index in [0.29, 0.717) is 18.0 Å². The molecular formula is C16H21N5O2S. The molecule has 2 atom stereocenters. The van der Waals surface area contributed by atoms with E-state index in [0.717, 1.165) is 17.7 Å². The molecule has 2 amide bonds. The number of anilines is 1. The lowest BCUT2D eigenvalue weighted by Crippen LogP contribution is -2.44. The molecule has 3 heterocycles. The number of carbonyl (C=O) groups excluding carboxylic acids is 2. The van der Waals surface area contributed by atoms with Gasteiger partial charge >= 0.3 is 0 Å². The Bertz CT molecular complexity index is 753. The van der Waals surface area contributed by atoms with E-state index in [1.807, 2.05) is 25.5 Å². The first-order valence-electron chi connectivity index (χ1n) is 7.99. The number of nitrogens with zero attached hydrogens (tertiary/aromatic N) is 4. The monoisotopic (exact) mass is 347 g/mol. The third-order valence-electron chi connectivity index (χ3n) is 4.41. The van der Waals surface area contributed by atoms with Gasteiger partial charge in [0.15, 0.2) is 5.13 Å². The highest BCUT2D eigenvalue weighted by atomic mass is 32.1. The lowest BCUT2D eigenvalue weighted by Gasteiger charge is -2.37. The molecule has 0 radical (unpaired) electrons. The van der Waals surface area contributed by atoms with Crippen molar-refractivity contribution in [2.24, 2.45) is 13.0 Å². The molecule has 3 rings (SSSR count). The topological polar surface area (TPSA) is 80.1 Å². The Hall–Kier alpha value is -2.22. The van der Waals surface area contributed by atoms with Crippen molar-refractivity contribution in [1.29, 1.82) is 0 Å². The van der Waals surface area contributed by atoms with Crippen molar-refractivity contribution >= 4 is 28.3 Å². The number of likely N-dealkylation sites (tertiary alicyclic amines) is 1. The van der Waals surface area contributed by atoms with Crippen LogP contribution in [0.2, 0.25) is 0 Å². The highest BCUT2D eigenvalue weighted by Crippen LogP contribution is 2.36. The molecule has 1 N–H and O–H groups in total. The van der Waals surface area contributed by atoms with E-state index in [1.54, 1.807) is 22.8 Å². The number of hydrogen-bond donors (Lipinski definition) is 1. The van der Waals surface area contributed by atoms with Gasteiger partial charge in [0.25, 0.3) is 0 Å². The predicted octanol–water partition coefficient (Wildman–Crippen LogP) is 1.99. The van der Waals surface area contributed by atoms with E-state index in [1.165, 1.54) is 11.3 Å². The minimum Gasteiger partial charge on any atom is -0.338 e. The van der Waals surface area contributed by atoms with Gasteiger partial charge in [-0.1, -0.05) is 6.92 Å². The maximum Gasteiger partial charge on any atom is 0.231 e. The van der Waals surface area contributed by atoms with Crippen LogP contribution in [0.25, 0.3) is 0 Å². The summed E-state index contributed by atoms with van der Waals surface area (Å²) < 4.78 is 1.69. The zero-order valence-electron chi connectivity index (χ0n) is 14.0. The molecule has 0 saturated carbocycles. The summed E-state index contributed by atoms with van der Waals surface area (Å²) in [5.41, 5.74) is 1.84. The molecule has 1 saturated heterocycles. The van der Waals surface area contributed by atoms with Gasteiger partial charge < -0.3 is 10.2 Å². The van der Waals surface area contributed by atoms with Crippen LogP contribution in [-0.4, -0.2) is 38.5 Å². The van der Waals surface area contributed by atoms with Crippen molar-refractivity contribution in [1.82, 2.24) is 19.7 Å². The van der Waals surface area contributed by atoms with Crippen LogP contribution >= 0.6 is 11.3 Å². The number of piperidine rings is 1. The number of carbonyl (C=O) groups is 2. The molecule has 0 spiro atoms. The molecule has 24 heavy (non-hydrogen) atoms. The fraction of sp³-hybridized carbons (Fsp3) is 0.500. The van der Waals surface area contributed by atoms with Crippen LogP contribution in [0.5, 0.6) is 0 Å². The molecule has 1 aliphatic rings. The van der Waals surface area contributed by atoms with Crippen LogP contribution in [0.1, 0.15) is 37.1 Å². The number of aryl methyl sites for hydroxylation is 2. The molecule has 128 valence electrons. The summed E-state index contributed by atoms with van der Waals surface area (Å²) in [5, 5.41) is 9.65. The van der Waals surface area contributed by atoms with Crippen molar-refractivity contribution in [3.8, 4) is 0 Å². The van der Waals surface area contributed by atoms with Crippen LogP contribution in [-0.2, 0) is 23.1 Å². The Morgan fingerprint density at radius 1 is 1.46 bits per heavy atom. The minimum atomic E-state index is -0.314. The smallest absolute Gasteiger partial charge is 0.231 e. The third-order valence-corrected chi connectivity index (χ3v) is 5.21. The highest BCUT2D eigenvalue weighted by molar-refractivity contribution is 7.13. The van der Waals surface area contributed by atoms with Gasteiger partial charge in [-0.2, -0.15) is 5.10 Å². The van der Waals surface area contributed by atoms with Gasteiger partial charge in [-0.05, 0) is 12.8 Å². The van der Waals surface area contributed by atoms with Crippen molar-refractivity contribution in [3.63, 3.8) is 0 Å². The summed E-state index contributed by atoms with van der Waals surface area (Å²) in [6.45, 7) is 2.03. The third kappa shape index (κ3) is 3.19. The number of thiazole rings is 1. The molecule has 2 aromatic rings. The van der Waals surface area contributed by atoms with E-state index < -0.39 is 0 Å². The first-order valence-corrected chi connectivity index (χ1v) is 8.87. The Morgan fingerprint density at radius 2 is 2.25 bits per heavy atom. The minimum absolute atomic E-state index is 0.0513. The molecule has 2 aromatic heterocycles. The molecular weight excluding hydrogens is 326 g/mol. The number of hydrogen-bond acceptors (Lipinski definition) is 5. The summed E-state index contributed by atoms with van der Waals surface area (Å²) in [6.07, 6.45) is 5.33. The summed E-state index contributed by atoms with van der Waals surface area (Å²) in [6, 6.07) is -0.300. The number of nitrogens with one attached hydrogen (secondary N) is 1. The summed E-state index contributed by atoms with van der Waals surface area (Å²) in [7, 11) is 3.57. The highest BCUT2D eigenvalue weighted by Gasteiger charge is 2.39. The van der Waals surface area contributed by atoms with Gasteiger partial charge in [-0.25, -0.2) is 4.98 Å². The molecule has 7 nitrogen and oxygen atoms in total. The van der Waals surface area contributed by atoms with Crippen LogP contribution in [0.4, 0.5) is 5.13 Å². The number of rotatable bonds is 4. The molecule has 0 bridgehead atoms. The van der Waals surface area contributed by atoms with Crippen LogP contribution in [0.15, 0.2) is 17.8 Å². The van der Waals surface area contributed by atoms with Crippen molar-refractivity contribution in [3.05, 3.63) is 29.0 Å². The largest absolute Gasteiger partial charge is 0.338 e. The molecule has 0 aromatic carbocycles. The van der Waals surface area contributed by atoms with E-state index in [2.05, 4.69) is 15.4 Å². The van der Waals surface area contributed by atoms with Gasteiger partial charge in [0.05, 0.1) is 23.9 Å². The Kier molecular flexibility index (Phi) is 4.66. The average molecular weight is 347 g/mol. The molecule has 0 unspecified atom stereocenters. The molecule has 1 aliphatic heterocycles. The van der Waals surface area contributed by atoms with Gasteiger partial charge in [0.2, 0.25) is 11.8 Å². The lowest BCUT2D eigenvalue weighted by molar-refractivity contribution is -0.140. The first-order chi connectivity index (χ1) is 11.5. The SMILES string of the molecule is CCc1csc(NC(=O)[C@H]2CCC(=O)N(C)[C@H]2c2cnn(C)c2)n1. The van der Waals surface area contributed by atoms with Crippen molar-refractivity contribution in [2.45, 2.75) is 32.2 Å². The quantitative estimate of drug-likeness (QED) is 0.917. The predicted molar refractivity (Wildman–Crippen MR) is 91.6 cm³/mol. The maximum absolute atomic E-state index is 12.8. The van der Waals surface area contributed by atoms with Crippen LogP contribution in [0.3, 0.4) is 0 Å². The second kappa shape index (κ2) is 6.72. The van der Waals surface area contributed by atoms with E-state index in [9.17, 15) is 9.59 Å². The average Bonchev–Trinajstić information content (AvgIpc) is 3.18. The zero-order valence-corrected chi connectivity index (χ0v) is 14.8. The van der Waals surface area contributed by atoms with Gasteiger partial charge in [0.1, 0.15) is 0 Å². The van der Waals surface area contributed by atoms with Gasteiger partial charge in [0, 0.05) is 37.7 Å². The van der Waals surface area contributed by atoms with Gasteiger partial charge in [-0.3, -0.25) is 14.3 Å². The van der Waals surface area contributed by atoms with Gasteiger partial charge in [-0.15, -0.1) is 11.3 Å². The summed E-state index contributed by atoms with van der Waals surface area (Å²) >= 11 is 1.43. The Balaban J connectivity index is 1.83. The second-order valence-corrected chi connectivity index (χ2v) is 6.89. The maximum atomic E-state index is 12.8. The van der Waals surface area contributed by atoms with E-state index in [4.69, 9.17) is 0 Å². The molecule has 8 heteroatoms. The second-order valence-electron chi connectivity index (χ2n) is 6.03. The Morgan fingerprint density at radius 3 is 2.88 bits per heavy atom. The summed E-state index contributed by atoms with van der Waals surface area (Å²) in [4.78, 5) is 31.0. The van der Waals surface area contributed by atoms with Crippen LogP contribution in [0, 0.1) is 5.92 Å².